The maximum Gasteiger partial charge on any atom is 0.311 e. The minimum Gasteiger partial charge on any atom is -0.477 e. The lowest BCUT2D eigenvalue weighted by Gasteiger charge is -2.29. The van der Waals surface area contributed by atoms with Crippen molar-refractivity contribution in [2.45, 2.75) is 33.2 Å². The lowest BCUT2D eigenvalue weighted by atomic mass is 10.1. The molecule has 1 fully saturated rings. The highest BCUT2D eigenvalue weighted by atomic mass is 32.2. The molecule has 1 saturated heterocycles. The Morgan fingerprint density at radius 3 is 2.65 bits per heavy atom. The largest absolute Gasteiger partial charge is 0.477 e. The average Bonchev–Trinajstić information content (AvgIpc) is 2.90. The zero-order chi connectivity index (χ0) is 19.5. The van der Waals surface area contributed by atoms with Gasteiger partial charge in [0.05, 0.1) is 16.4 Å². The first kappa shape index (κ1) is 20.2. The third-order valence-corrected chi connectivity index (χ3v) is 5.94. The maximum absolute atomic E-state index is 12.6. The predicted octanol–water partition coefficient (Wildman–Crippen LogP) is 1.95. The summed E-state index contributed by atoms with van der Waals surface area (Å²) in [6, 6.07) is 4.15. The van der Waals surface area contributed by atoms with Crippen molar-refractivity contribution in [3.8, 4) is 5.75 Å². The standard InChI is InChI=1S/C17H24N2O6S/c1-12(2)9-18(14-6-7-26(23,24)11-14)17(20)10-25-16-5-4-13(3)8-15(16)19(21)22/h4-5,8,12,14H,6-7,9-11H2,1-3H3/t14-/m0/s1. The van der Waals surface area contributed by atoms with Crippen molar-refractivity contribution >= 4 is 21.4 Å². The molecule has 144 valence electrons. The molecule has 1 aromatic rings. The van der Waals surface area contributed by atoms with E-state index in [4.69, 9.17) is 4.74 Å². The van der Waals surface area contributed by atoms with E-state index in [2.05, 4.69) is 0 Å². The zero-order valence-electron chi connectivity index (χ0n) is 15.2. The van der Waals surface area contributed by atoms with E-state index in [1.807, 2.05) is 13.8 Å². The molecule has 0 unspecified atom stereocenters. The van der Waals surface area contributed by atoms with Crippen molar-refractivity contribution in [3.63, 3.8) is 0 Å². The summed E-state index contributed by atoms with van der Waals surface area (Å²) < 4.78 is 28.9. The second kappa shape index (κ2) is 8.03. The van der Waals surface area contributed by atoms with Crippen molar-refractivity contribution in [2.24, 2.45) is 5.92 Å². The zero-order valence-corrected chi connectivity index (χ0v) is 16.0. The van der Waals surface area contributed by atoms with Gasteiger partial charge < -0.3 is 9.64 Å². The van der Waals surface area contributed by atoms with Gasteiger partial charge in [-0.05, 0) is 30.9 Å². The van der Waals surface area contributed by atoms with E-state index >= 15 is 0 Å². The van der Waals surface area contributed by atoms with Crippen LogP contribution in [-0.2, 0) is 14.6 Å². The number of nitro benzene ring substituents is 1. The summed E-state index contributed by atoms with van der Waals surface area (Å²) in [7, 11) is -3.12. The molecule has 1 atom stereocenters. The van der Waals surface area contributed by atoms with Crippen LogP contribution in [0, 0.1) is 23.0 Å². The van der Waals surface area contributed by atoms with Gasteiger partial charge in [0.1, 0.15) is 0 Å². The predicted molar refractivity (Wildman–Crippen MR) is 96.9 cm³/mol. The Labute approximate surface area is 153 Å². The summed E-state index contributed by atoms with van der Waals surface area (Å²) in [5.74, 6) is -0.149. The number of aryl methyl sites for hydroxylation is 1. The fraction of sp³-hybridized carbons (Fsp3) is 0.588. The number of carbonyl (C=O) groups excluding carboxylic acids is 1. The molecule has 1 aliphatic heterocycles. The molecule has 2 rings (SSSR count). The van der Waals surface area contributed by atoms with E-state index in [9.17, 15) is 23.3 Å². The Kier molecular flexibility index (Phi) is 6.22. The molecule has 1 aromatic carbocycles. The number of nitro groups is 1. The number of carbonyl (C=O) groups is 1. The number of nitrogens with zero attached hydrogens (tertiary/aromatic N) is 2. The van der Waals surface area contributed by atoms with Gasteiger partial charge in [-0.25, -0.2) is 8.42 Å². The van der Waals surface area contributed by atoms with Crippen molar-refractivity contribution in [1.29, 1.82) is 0 Å². The number of hydrogen-bond donors (Lipinski definition) is 0. The van der Waals surface area contributed by atoms with Crippen LogP contribution in [0.3, 0.4) is 0 Å². The van der Waals surface area contributed by atoms with E-state index in [0.29, 0.717) is 18.5 Å². The average molecular weight is 384 g/mol. The molecule has 0 aromatic heterocycles. The maximum atomic E-state index is 12.6. The SMILES string of the molecule is Cc1ccc(OCC(=O)N(CC(C)C)[C@H]2CCS(=O)(=O)C2)c([N+](=O)[O-])c1. The highest BCUT2D eigenvalue weighted by Gasteiger charge is 2.35. The Balaban J connectivity index is 2.12. The molecule has 9 heteroatoms. The molecule has 0 N–H and O–H groups in total. The van der Waals surface area contributed by atoms with E-state index in [-0.39, 0.29) is 47.4 Å². The van der Waals surface area contributed by atoms with Gasteiger partial charge in [-0.3, -0.25) is 14.9 Å². The summed E-state index contributed by atoms with van der Waals surface area (Å²) in [4.78, 5) is 24.8. The van der Waals surface area contributed by atoms with Crippen molar-refractivity contribution < 1.29 is 22.9 Å². The van der Waals surface area contributed by atoms with Crippen LogP contribution < -0.4 is 4.74 Å². The van der Waals surface area contributed by atoms with Gasteiger partial charge in [-0.1, -0.05) is 19.9 Å². The topological polar surface area (TPSA) is 107 Å². The normalized spacial score (nSPS) is 18.7. The molecular weight excluding hydrogens is 360 g/mol. The van der Waals surface area contributed by atoms with Crippen LogP contribution >= 0.6 is 0 Å². The van der Waals surface area contributed by atoms with E-state index in [1.54, 1.807) is 13.0 Å². The summed E-state index contributed by atoms with van der Waals surface area (Å²) in [6.07, 6.45) is 0.408. The number of benzene rings is 1. The Bertz CT molecular complexity index is 790. The minimum absolute atomic E-state index is 0.0255. The number of rotatable bonds is 7. The van der Waals surface area contributed by atoms with Crippen LogP contribution in [0.2, 0.25) is 0 Å². The monoisotopic (exact) mass is 384 g/mol. The molecule has 0 saturated carbocycles. The fourth-order valence-electron chi connectivity index (χ4n) is 2.98. The van der Waals surface area contributed by atoms with E-state index < -0.39 is 14.8 Å². The minimum atomic E-state index is -3.12. The van der Waals surface area contributed by atoms with Crippen LogP contribution in [0.5, 0.6) is 5.75 Å². The van der Waals surface area contributed by atoms with Gasteiger partial charge in [-0.2, -0.15) is 0 Å². The molecule has 1 aliphatic rings. The van der Waals surface area contributed by atoms with Crippen LogP contribution in [0.4, 0.5) is 5.69 Å². The highest BCUT2D eigenvalue weighted by Crippen LogP contribution is 2.28. The van der Waals surface area contributed by atoms with Crippen molar-refractivity contribution in [3.05, 3.63) is 33.9 Å². The number of ether oxygens (including phenoxy) is 1. The third kappa shape index (κ3) is 5.17. The van der Waals surface area contributed by atoms with Crippen LogP contribution in [-0.4, -0.2) is 54.8 Å². The first-order chi connectivity index (χ1) is 12.1. The van der Waals surface area contributed by atoms with E-state index in [1.165, 1.54) is 17.0 Å². The highest BCUT2D eigenvalue weighted by molar-refractivity contribution is 7.91. The Morgan fingerprint density at radius 2 is 2.12 bits per heavy atom. The Hall–Kier alpha value is -2.16. The summed E-state index contributed by atoms with van der Waals surface area (Å²) in [5, 5.41) is 11.1. The first-order valence-electron chi connectivity index (χ1n) is 8.47. The third-order valence-electron chi connectivity index (χ3n) is 4.19. The van der Waals surface area contributed by atoms with Crippen molar-refractivity contribution in [2.75, 3.05) is 24.7 Å². The summed E-state index contributed by atoms with van der Waals surface area (Å²) in [6.45, 7) is 5.66. The molecule has 0 spiro atoms. The van der Waals surface area contributed by atoms with Gasteiger partial charge >= 0.3 is 5.69 Å². The van der Waals surface area contributed by atoms with Crippen molar-refractivity contribution in [1.82, 2.24) is 4.90 Å². The quantitative estimate of drug-likeness (QED) is 0.525. The molecule has 0 aliphatic carbocycles. The lowest BCUT2D eigenvalue weighted by molar-refractivity contribution is -0.385. The van der Waals surface area contributed by atoms with Gasteiger partial charge in [-0.15, -0.1) is 0 Å². The molecule has 1 heterocycles. The van der Waals surface area contributed by atoms with Gasteiger partial charge in [0, 0.05) is 18.7 Å². The molecule has 26 heavy (non-hydrogen) atoms. The smallest absolute Gasteiger partial charge is 0.311 e. The first-order valence-corrected chi connectivity index (χ1v) is 10.3. The van der Waals surface area contributed by atoms with Crippen LogP contribution in [0.15, 0.2) is 18.2 Å². The van der Waals surface area contributed by atoms with Gasteiger partial charge in [0.25, 0.3) is 5.91 Å². The lowest BCUT2D eigenvalue weighted by Crippen LogP contribution is -2.45. The fourth-order valence-corrected chi connectivity index (χ4v) is 4.71. The second-order valence-corrected chi connectivity index (χ2v) is 9.24. The Morgan fingerprint density at radius 1 is 1.42 bits per heavy atom. The summed E-state index contributed by atoms with van der Waals surface area (Å²) >= 11 is 0. The van der Waals surface area contributed by atoms with E-state index in [0.717, 1.165) is 0 Å². The molecule has 0 radical (unpaired) electrons. The van der Waals surface area contributed by atoms with Crippen LogP contribution in [0.25, 0.3) is 0 Å². The van der Waals surface area contributed by atoms with Gasteiger partial charge in [0.2, 0.25) is 0 Å². The molecular formula is C17H24N2O6S. The molecule has 8 nitrogen and oxygen atoms in total. The second-order valence-electron chi connectivity index (χ2n) is 7.01. The molecule has 1 amide bonds. The summed E-state index contributed by atoms with van der Waals surface area (Å²) in [5.41, 5.74) is 0.518. The number of sulfone groups is 1. The number of amides is 1. The number of hydrogen-bond acceptors (Lipinski definition) is 6. The van der Waals surface area contributed by atoms with Crippen LogP contribution in [0.1, 0.15) is 25.8 Å². The molecule has 0 bridgehead atoms. The van der Waals surface area contributed by atoms with Gasteiger partial charge in [0.15, 0.2) is 22.2 Å².